The van der Waals surface area contributed by atoms with Crippen molar-refractivity contribution in [2.24, 2.45) is 0 Å². The highest BCUT2D eigenvalue weighted by Gasteiger charge is 2.21. The second kappa shape index (κ2) is 6.56. The molecule has 0 saturated carbocycles. The molecule has 1 aromatic heterocycles. The number of carbonyl (C=O) groups excluding carboxylic acids is 2. The van der Waals surface area contributed by atoms with Gasteiger partial charge in [-0.15, -0.1) is 0 Å². The number of piperidine rings is 1. The van der Waals surface area contributed by atoms with Crippen molar-refractivity contribution in [2.45, 2.75) is 38.6 Å². The van der Waals surface area contributed by atoms with Gasteiger partial charge in [0.1, 0.15) is 5.82 Å². The molecule has 2 amide bonds. The molecule has 0 bridgehead atoms. The zero-order valence-corrected chi connectivity index (χ0v) is 12.7. The first-order valence-corrected chi connectivity index (χ1v) is 7.27. The molecule has 1 aliphatic rings. The lowest BCUT2D eigenvalue weighted by atomic mass is 10.0. The summed E-state index contributed by atoms with van der Waals surface area (Å²) in [7, 11) is 1.78. The molecule has 0 spiro atoms. The predicted molar refractivity (Wildman–Crippen MR) is 81.4 cm³/mol. The normalized spacial score (nSPS) is 18.3. The van der Waals surface area contributed by atoms with E-state index in [2.05, 4.69) is 20.9 Å². The molecule has 1 fully saturated rings. The fourth-order valence-corrected chi connectivity index (χ4v) is 2.23. The molecule has 1 atom stereocenters. The van der Waals surface area contributed by atoms with Crippen molar-refractivity contribution in [3.05, 3.63) is 23.4 Å². The van der Waals surface area contributed by atoms with Gasteiger partial charge in [-0.2, -0.15) is 0 Å². The van der Waals surface area contributed by atoms with Crippen molar-refractivity contribution < 1.29 is 9.59 Å². The van der Waals surface area contributed by atoms with E-state index in [0.29, 0.717) is 30.8 Å². The van der Waals surface area contributed by atoms with E-state index in [4.69, 9.17) is 0 Å². The number of nitrogens with zero attached hydrogens (tertiary/aromatic N) is 1. The van der Waals surface area contributed by atoms with E-state index in [0.717, 1.165) is 5.69 Å². The molecule has 1 aliphatic heterocycles. The Morgan fingerprint density at radius 1 is 1.43 bits per heavy atom. The van der Waals surface area contributed by atoms with E-state index in [1.165, 1.54) is 0 Å². The number of pyridine rings is 1. The molecule has 6 heteroatoms. The standard InChI is InChI=1S/C15H22N4O2/c1-9(2)12-6-10(7-13(16-3)19-12)15(21)18-11-4-5-14(20)17-8-11/h6-7,9,11H,4-5,8H2,1-3H3,(H,16,19)(H,17,20)(H,18,21). The van der Waals surface area contributed by atoms with E-state index in [1.807, 2.05) is 19.9 Å². The van der Waals surface area contributed by atoms with Gasteiger partial charge < -0.3 is 16.0 Å². The van der Waals surface area contributed by atoms with Crippen LogP contribution in [0.1, 0.15) is 48.7 Å². The van der Waals surface area contributed by atoms with Crippen molar-refractivity contribution in [2.75, 3.05) is 18.9 Å². The molecule has 114 valence electrons. The molecule has 21 heavy (non-hydrogen) atoms. The Bertz CT molecular complexity index is 532. The fourth-order valence-electron chi connectivity index (χ4n) is 2.23. The molecule has 2 heterocycles. The summed E-state index contributed by atoms with van der Waals surface area (Å²) in [6.45, 7) is 4.58. The van der Waals surface area contributed by atoms with Gasteiger partial charge in [0.25, 0.3) is 5.91 Å². The maximum atomic E-state index is 12.4. The lowest BCUT2D eigenvalue weighted by Crippen LogP contribution is -2.47. The first kappa shape index (κ1) is 15.3. The van der Waals surface area contributed by atoms with Gasteiger partial charge in [0, 0.05) is 37.3 Å². The number of carbonyl (C=O) groups is 2. The first-order chi connectivity index (χ1) is 9.99. The molecular formula is C15H22N4O2. The average molecular weight is 290 g/mol. The summed E-state index contributed by atoms with van der Waals surface area (Å²) in [5.41, 5.74) is 1.47. The van der Waals surface area contributed by atoms with Crippen LogP contribution in [0.15, 0.2) is 12.1 Å². The molecule has 1 unspecified atom stereocenters. The van der Waals surface area contributed by atoms with Gasteiger partial charge in [-0.25, -0.2) is 4.98 Å². The summed E-state index contributed by atoms with van der Waals surface area (Å²) in [6, 6.07) is 3.55. The fraction of sp³-hybridized carbons (Fsp3) is 0.533. The van der Waals surface area contributed by atoms with Gasteiger partial charge in [0.2, 0.25) is 5.91 Å². The highest BCUT2D eigenvalue weighted by molar-refractivity contribution is 5.95. The molecule has 0 aliphatic carbocycles. The Morgan fingerprint density at radius 2 is 2.19 bits per heavy atom. The minimum absolute atomic E-state index is 0.0103. The zero-order valence-electron chi connectivity index (χ0n) is 12.7. The number of nitrogens with one attached hydrogen (secondary N) is 3. The summed E-state index contributed by atoms with van der Waals surface area (Å²) < 4.78 is 0. The second-order valence-electron chi connectivity index (χ2n) is 5.58. The topological polar surface area (TPSA) is 83.1 Å². The van der Waals surface area contributed by atoms with Gasteiger partial charge >= 0.3 is 0 Å². The van der Waals surface area contributed by atoms with Crippen LogP contribution in [0, 0.1) is 0 Å². The predicted octanol–water partition coefficient (Wildman–Crippen LogP) is 1.26. The van der Waals surface area contributed by atoms with Crippen molar-refractivity contribution in [1.29, 1.82) is 0 Å². The average Bonchev–Trinajstić information content (AvgIpc) is 2.49. The van der Waals surface area contributed by atoms with Crippen LogP contribution < -0.4 is 16.0 Å². The maximum absolute atomic E-state index is 12.4. The molecule has 2 rings (SSSR count). The minimum Gasteiger partial charge on any atom is -0.373 e. The van der Waals surface area contributed by atoms with Gasteiger partial charge in [0.15, 0.2) is 0 Å². The highest BCUT2D eigenvalue weighted by Crippen LogP contribution is 2.17. The van der Waals surface area contributed by atoms with Crippen molar-refractivity contribution >= 4 is 17.6 Å². The number of rotatable bonds is 4. The number of aromatic nitrogens is 1. The first-order valence-electron chi connectivity index (χ1n) is 7.27. The molecule has 1 saturated heterocycles. The van der Waals surface area contributed by atoms with E-state index >= 15 is 0 Å². The molecule has 6 nitrogen and oxygen atoms in total. The third-order valence-electron chi connectivity index (χ3n) is 3.56. The van der Waals surface area contributed by atoms with Crippen LogP contribution in [0.25, 0.3) is 0 Å². The lowest BCUT2D eigenvalue weighted by Gasteiger charge is -2.23. The van der Waals surface area contributed by atoms with E-state index < -0.39 is 0 Å². The zero-order chi connectivity index (χ0) is 15.4. The quantitative estimate of drug-likeness (QED) is 0.779. The van der Waals surface area contributed by atoms with Crippen molar-refractivity contribution in [3.63, 3.8) is 0 Å². The minimum atomic E-state index is -0.128. The van der Waals surface area contributed by atoms with Gasteiger partial charge in [-0.1, -0.05) is 13.8 Å². The van der Waals surface area contributed by atoms with Crippen LogP contribution in [-0.4, -0.2) is 36.4 Å². The Kier molecular flexibility index (Phi) is 4.77. The van der Waals surface area contributed by atoms with Crippen LogP contribution >= 0.6 is 0 Å². The summed E-state index contributed by atoms with van der Waals surface area (Å²) in [5, 5.41) is 8.71. The van der Waals surface area contributed by atoms with Crippen molar-refractivity contribution in [3.8, 4) is 0 Å². The van der Waals surface area contributed by atoms with Crippen LogP contribution in [0.3, 0.4) is 0 Å². The Labute approximate surface area is 124 Å². The Balaban J connectivity index is 2.11. The third kappa shape index (κ3) is 3.93. The van der Waals surface area contributed by atoms with Gasteiger partial charge in [0.05, 0.1) is 0 Å². The summed E-state index contributed by atoms with van der Waals surface area (Å²) >= 11 is 0. The number of anilines is 1. The lowest BCUT2D eigenvalue weighted by molar-refractivity contribution is -0.122. The molecule has 0 aromatic carbocycles. The highest BCUT2D eigenvalue weighted by atomic mass is 16.2. The number of hydrogen-bond acceptors (Lipinski definition) is 4. The van der Waals surface area contributed by atoms with Crippen LogP contribution in [-0.2, 0) is 4.79 Å². The summed E-state index contributed by atoms with van der Waals surface area (Å²) in [4.78, 5) is 27.9. The monoisotopic (exact) mass is 290 g/mol. The van der Waals surface area contributed by atoms with E-state index in [-0.39, 0.29) is 23.8 Å². The second-order valence-corrected chi connectivity index (χ2v) is 5.58. The molecule has 3 N–H and O–H groups in total. The number of hydrogen-bond donors (Lipinski definition) is 3. The molecular weight excluding hydrogens is 268 g/mol. The van der Waals surface area contributed by atoms with Gasteiger partial charge in [-0.3, -0.25) is 9.59 Å². The van der Waals surface area contributed by atoms with E-state index in [9.17, 15) is 9.59 Å². The Hall–Kier alpha value is -2.11. The summed E-state index contributed by atoms with van der Waals surface area (Å²) in [6.07, 6.45) is 1.14. The third-order valence-corrected chi connectivity index (χ3v) is 3.56. The maximum Gasteiger partial charge on any atom is 0.251 e. The van der Waals surface area contributed by atoms with E-state index in [1.54, 1.807) is 13.1 Å². The van der Waals surface area contributed by atoms with Crippen LogP contribution in [0.2, 0.25) is 0 Å². The Morgan fingerprint density at radius 3 is 2.76 bits per heavy atom. The van der Waals surface area contributed by atoms with Gasteiger partial charge in [-0.05, 0) is 24.5 Å². The molecule has 0 radical (unpaired) electrons. The van der Waals surface area contributed by atoms with Crippen LogP contribution in [0.4, 0.5) is 5.82 Å². The largest absolute Gasteiger partial charge is 0.373 e. The SMILES string of the molecule is CNc1cc(C(=O)NC2CCC(=O)NC2)cc(C(C)C)n1. The summed E-state index contributed by atoms with van der Waals surface area (Å²) in [5.74, 6) is 0.850. The molecule has 1 aromatic rings. The van der Waals surface area contributed by atoms with Crippen LogP contribution in [0.5, 0.6) is 0 Å². The van der Waals surface area contributed by atoms with Crippen molar-refractivity contribution in [1.82, 2.24) is 15.6 Å². The number of amides is 2. The smallest absolute Gasteiger partial charge is 0.251 e.